The summed E-state index contributed by atoms with van der Waals surface area (Å²) in [7, 11) is 0. The number of aromatic nitrogens is 1. The molecule has 18 heavy (non-hydrogen) atoms. The fourth-order valence-electron chi connectivity index (χ4n) is 1.87. The number of H-pyrrole nitrogens is 1. The van der Waals surface area contributed by atoms with Crippen LogP contribution < -0.4 is 3.71 Å². The second-order valence-corrected chi connectivity index (χ2v) is 5.53. The van der Waals surface area contributed by atoms with Gasteiger partial charge in [-0.2, -0.15) is 0 Å². The highest BCUT2D eigenvalue weighted by Crippen LogP contribution is 2.33. The molecule has 4 nitrogen and oxygen atoms in total. The van der Waals surface area contributed by atoms with Crippen LogP contribution in [0.2, 0.25) is 0 Å². The van der Waals surface area contributed by atoms with Gasteiger partial charge in [-0.15, -0.1) is 0 Å². The fraction of sp³-hybridized carbons (Fsp3) is 0.250. The van der Waals surface area contributed by atoms with Crippen molar-refractivity contribution in [2.45, 2.75) is 6.92 Å². The van der Waals surface area contributed by atoms with Gasteiger partial charge >= 0.3 is 5.97 Å². The summed E-state index contributed by atoms with van der Waals surface area (Å²) in [5.74, 6) is -0.933. The molecule has 2 aromatic rings. The topological polar surface area (TPSA) is 56.3 Å². The lowest BCUT2D eigenvalue weighted by atomic mass is 10.1. The van der Waals surface area contributed by atoms with Crippen LogP contribution >= 0.6 is 23.9 Å². The van der Waals surface area contributed by atoms with E-state index in [-0.39, 0.29) is 5.69 Å². The predicted octanol–water partition coefficient (Wildman–Crippen LogP) is 3.54. The van der Waals surface area contributed by atoms with E-state index in [0.717, 1.165) is 22.2 Å². The van der Waals surface area contributed by atoms with E-state index in [1.165, 1.54) is 0 Å². The number of carbonyl (C=O) groups is 1. The van der Waals surface area contributed by atoms with Crippen molar-refractivity contribution >= 4 is 46.5 Å². The molecule has 1 aromatic carbocycles. The number of anilines is 1. The van der Waals surface area contributed by atoms with Crippen LogP contribution in [0.5, 0.6) is 0 Å². The van der Waals surface area contributed by atoms with Crippen LogP contribution in [-0.2, 0) is 0 Å². The number of aryl methyl sites for hydroxylation is 1. The van der Waals surface area contributed by atoms with Crippen LogP contribution in [0.25, 0.3) is 10.9 Å². The van der Waals surface area contributed by atoms with Crippen molar-refractivity contribution in [2.75, 3.05) is 16.2 Å². The van der Waals surface area contributed by atoms with Gasteiger partial charge in [-0.1, -0.05) is 0 Å². The smallest absolute Gasteiger partial charge is 0.352 e. The van der Waals surface area contributed by atoms with E-state index in [1.807, 2.05) is 31.6 Å². The van der Waals surface area contributed by atoms with Crippen molar-refractivity contribution in [1.82, 2.24) is 4.98 Å². The summed E-state index contributed by atoms with van der Waals surface area (Å²) in [5, 5.41) is 9.90. The molecule has 0 aliphatic heterocycles. The number of aromatic carboxylic acids is 1. The van der Waals surface area contributed by atoms with Crippen LogP contribution in [-0.4, -0.2) is 28.6 Å². The number of hydrogen-bond donors (Lipinski definition) is 2. The number of aromatic amines is 1. The lowest BCUT2D eigenvalue weighted by Crippen LogP contribution is -2.03. The standard InChI is InChI=1S/C12H14N2O2S2/c1-7-4-8-5-10(12(15)16)13-9(8)6-11(7)14(17-2)18-3/h4-6,13H,1-3H3,(H,15,16). The number of benzene rings is 1. The minimum Gasteiger partial charge on any atom is -0.477 e. The number of nitrogens with one attached hydrogen (secondary N) is 1. The maximum absolute atomic E-state index is 10.9. The summed E-state index contributed by atoms with van der Waals surface area (Å²) in [6, 6.07) is 5.66. The molecule has 6 heteroatoms. The summed E-state index contributed by atoms with van der Waals surface area (Å²) >= 11 is 3.25. The maximum Gasteiger partial charge on any atom is 0.352 e. The van der Waals surface area contributed by atoms with Gasteiger partial charge < -0.3 is 10.1 Å². The van der Waals surface area contributed by atoms with E-state index in [0.29, 0.717) is 0 Å². The summed E-state index contributed by atoms with van der Waals surface area (Å²) in [6.07, 6.45) is 4.02. The number of fused-ring (bicyclic) bond motifs is 1. The number of rotatable bonds is 4. The number of hydrogen-bond acceptors (Lipinski definition) is 4. The summed E-state index contributed by atoms with van der Waals surface area (Å²) in [5.41, 5.74) is 3.28. The minimum absolute atomic E-state index is 0.224. The number of nitrogens with zero attached hydrogens (tertiary/aromatic N) is 1. The number of carboxylic acid groups (broad SMARTS) is 1. The Morgan fingerprint density at radius 2 is 1.94 bits per heavy atom. The zero-order valence-corrected chi connectivity index (χ0v) is 12.0. The van der Waals surface area contributed by atoms with Crippen molar-refractivity contribution in [2.24, 2.45) is 0 Å². The molecule has 0 atom stereocenters. The third-order valence-electron chi connectivity index (χ3n) is 2.70. The van der Waals surface area contributed by atoms with Crippen LogP contribution in [0.1, 0.15) is 16.1 Å². The lowest BCUT2D eigenvalue weighted by Gasteiger charge is -2.20. The first-order chi connectivity index (χ1) is 8.56. The first-order valence-corrected chi connectivity index (χ1v) is 7.68. The van der Waals surface area contributed by atoms with Crippen molar-refractivity contribution in [3.63, 3.8) is 0 Å². The molecule has 0 unspecified atom stereocenters. The van der Waals surface area contributed by atoms with Crippen LogP contribution in [0, 0.1) is 6.92 Å². The van der Waals surface area contributed by atoms with Gasteiger partial charge in [-0.3, -0.25) is 3.71 Å². The van der Waals surface area contributed by atoms with Gasteiger partial charge in [0.15, 0.2) is 0 Å². The van der Waals surface area contributed by atoms with Crippen LogP contribution in [0.15, 0.2) is 18.2 Å². The van der Waals surface area contributed by atoms with E-state index in [2.05, 4.69) is 8.69 Å². The zero-order valence-electron chi connectivity index (χ0n) is 10.4. The zero-order chi connectivity index (χ0) is 13.3. The molecule has 0 aliphatic carbocycles. The SMILES string of the molecule is CSN(SC)c1cc2[nH]c(C(=O)O)cc2cc1C. The summed E-state index contributed by atoms with van der Waals surface area (Å²) in [6.45, 7) is 2.03. The van der Waals surface area contributed by atoms with E-state index in [9.17, 15) is 4.79 Å². The van der Waals surface area contributed by atoms with E-state index >= 15 is 0 Å². The maximum atomic E-state index is 10.9. The molecule has 96 valence electrons. The monoisotopic (exact) mass is 282 g/mol. The molecule has 1 heterocycles. The second kappa shape index (κ2) is 5.16. The van der Waals surface area contributed by atoms with E-state index < -0.39 is 5.97 Å². The normalized spacial score (nSPS) is 10.8. The molecule has 2 N–H and O–H groups in total. The highest BCUT2D eigenvalue weighted by molar-refractivity contribution is 8.17. The van der Waals surface area contributed by atoms with Crippen molar-refractivity contribution in [1.29, 1.82) is 0 Å². The molecular weight excluding hydrogens is 268 g/mol. The highest BCUT2D eigenvalue weighted by Gasteiger charge is 2.12. The van der Waals surface area contributed by atoms with Crippen LogP contribution in [0.3, 0.4) is 0 Å². The molecular formula is C12H14N2O2S2. The Kier molecular flexibility index (Phi) is 3.77. The first-order valence-electron chi connectivity index (χ1n) is 5.32. The molecule has 0 saturated heterocycles. The quantitative estimate of drug-likeness (QED) is 0.840. The van der Waals surface area contributed by atoms with Crippen LogP contribution in [0.4, 0.5) is 5.69 Å². The molecule has 0 fully saturated rings. The summed E-state index contributed by atoms with van der Waals surface area (Å²) in [4.78, 5) is 13.9. The minimum atomic E-state index is -0.933. The molecule has 0 amide bonds. The Morgan fingerprint density at radius 1 is 1.28 bits per heavy atom. The Morgan fingerprint density at radius 3 is 2.50 bits per heavy atom. The molecule has 0 saturated carbocycles. The Balaban J connectivity index is 2.56. The van der Waals surface area contributed by atoms with Gasteiger partial charge in [0.1, 0.15) is 5.69 Å². The Labute approximate surface area is 114 Å². The van der Waals surface area contributed by atoms with Gasteiger partial charge in [0.25, 0.3) is 0 Å². The molecule has 2 rings (SSSR count). The average Bonchev–Trinajstić information content (AvgIpc) is 2.74. The largest absolute Gasteiger partial charge is 0.477 e. The third kappa shape index (κ3) is 2.30. The van der Waals surface area contributed by atoms with Gasteiger partial charge in [0, 0.05) is 23.4 Å². The van der Waals surface area contributed by atoms with E-state index in [1.54, 1.807) is 30.0 Å². The van der Waals surface area contributed by atoms with Crippen molar-refractivity contribution in [3.05, 3.63) is 29.5 Å². The van der Waals surface area contributed by atoms with Crippen molar-refractivity contribution < 1.29 is 9.90 Å². The molecule has 1 aromatic heterocycles. The molecule has 0 aliphatic rings. The lowest BCUT2D eigenvalue weighted by molar-refractivity contribution is 0.0691. The average molecular weight is 282 g/mol. The summed E-state index contributed by atoms with van der Waals surface area (Å²) < 4.78 is 2.09. The second-order valence-electron chi connectivity index (χ2n) is 3.84. The van der Waals surface area contributed by atoms with Gasteiger partial charge in [-0.25, -0.2) is 4.79 Å². The third-order valence-corrected chi connectivity index (χ3v) is 4.65. The van der Waals surface area contributed by atoms with Gasteiger partial charge in [0.05, 0.1) is 5.69 Å². The molecule has 0 radical (unpaired) electrons. The first kappa shape index (κ1) is 13.2. The van der Waals surface area contributed by atoms with Crippen molar-refractivity contribution in [3.8, 4) is 0 Å². The predicted molar refractivity (Wildman–Crippen MR) is 79.5 cm³/mol. The molecule has 0 spiro atoms. The van der Waals surface area contributed by atoms with Gasteiger partial charge in [-0.05, 0) is 54.6 Å². The highest BCUT2D eigenvalue weighted by atomic mass is 32.2. The Bertz CT molecular complexity index is 591. The Hall–Kier alpha value is -1.27. The fourth-order valence-corrected chi connectivity index (χ4v) is 3.25. The van der Waals surface area contributed by atoms with E-state index in [4.69, 9.17) is 5.11 Å². The van der Waals surface area contributed by atoms with Gasteiger partial charge in [0.2, 0.25) is 0 Å². The molecule has 0 bridgehead atoms. The number of carboxylic acids is 1.